The lowest BCUT2D eigenvalue weighted by molar-refractivity contribution is 0.00752. The van der Waals surface area contributed by atoms with Gasteiger partial charge in [-0.15, -0.1) is 0 Å². The minimum absolute atomic E-state index is 0.189. The lowest BCUT2D eigenvalue weighted by atomic mass is 10.0. The number of ether oxygens (including phenoxy) is 2. The second-order valence-electron chi connectivity index (χ2n) is 8.15. The van der Waals surface area contributed by atoms with Crippen molar-refractivity contribution < 1.29 is 13.9 Å². The number of benzene rings is 1. The van der Waals surface area contributed by atoms with Crippen molar-refractivity contribution in [3.8, 4) is 0 Å². The van der Waals surface area contributed by atoms with Crippen LogP contribution >= 0.6 is 0 Å². The standard InChI is InChI=1S/C22H36FN5O2/c1-17(2)21(28-8-12-30-13-9-28)16-26-22(24-3)25-15-18-4-5-20(19(23)14-18)27-6-10-29-11-7-27/h4-5,14,17,21H,6-13,15-16H2,1-3H3,(H2,24,25,26). The molecule has 0 amide bonds. The van der Waals surface area contributed by atoms with Gasteiger partial charge in [0.15, 0.2) is 5.96 Å². The summed E-state index contributed by atoms with van der Waals surface area (Å²) in [6.07, 6.45) is 0. The van der Waals surface area contributed by atoms with E-state index in [4.69, 9.17) is 9.47 Å². The highest BCUT2D eigenvalue weighted by molar-refractivity contribution is 5.79. The van der Waals surface area contributed by atoms with Crippen molar-refractivity contribution in [2.24, 2.45) is 10.9 Å². The third-order valence-corrected chi connectivity index (χ3v) is 5.81. The van der Waals surface area contributed by atoms with Gasteiger partial charge in [0.25, 0.3) is 0 Å². The predicted molar refractivity (Wildman–Crippen MR) is 119 cm³/mol. The molecule has 0 radical (unpaired) electrons. The zero-order valence-electron chi connectivity index (χ0n) is 18.5. The summed E-state index contributed by atoms with van der Waals surface area (Å²) in [6, 6.07) is 5.85. The minimum Gasteiger partial charge on any atom is -0.379 e. The van der Waals surface area contributed by atoms with E-state index in [1.165, 1.54) is 0 Å². The van der Waals surface area contributed by atoms with E-state index in [9.17, 15) is 4.39 Å². The Morgan fingerprint density at radius 3 is 2.33 bits per heavy atom. The molecule has 2 fully saturated rings. The van der Waals surface area contributed by atoms with Crippen LogP contribution in [0.5, 0.6) is 0 Å². The Morgan fingerprint density at radius 2 is 1.73 bits per heavy atom. The molecule has 2 aliphatic heterocycles. The van der Waals surface area contributed by atoms with Gasteiger partial charge in [-0.05, 0) is 23.6 Å². The summed E-state index contributed by atoms with van der Waals surface area (Å²) < 4.78 is 25.5. The molecule has 1 atom stereocenters. The molecule has 30 heavy (non-hydrogen) atoms. The van der Waals surface area contributed by atoms with Crippen LogP contribution in [0.4, 0.5) is 10.1 Å². The van der Waals surface area contributed by atoms with Crippen LogP contribution in [0.25, 0.3) is 0 Å². The maximum absolute atomic E-state index is 14.6. The Morgan fingerprint density at radius 1 is 1.07 bits per heavy atom. The van der Waals surface area contributed by atoms with Crippen LogP contribution in [0.15, 0.2) is 23.2 Å². The van der Waals surface area contributed by atoms with E-state index < -0.39 is 0 Å². The van der Waals surface area contributed by atoms with Gasteiger partial charge in [-0.3, -0.25) is 9.89 Å². The molecule has 1 unspecified atom stereocenters. The molecule has 1 aromatic rings. The minimum atomic E-state index is -0.189. The molecule has 7 nitrogen and oxygen atoms in total. The molecule has 0 bridgehead atoms. The summed E-state index contributed by atoms with van der Waals surface area (Å²) in [5.41, 5.74) is 1.54. The van der Waals surface area contributed by atoms with Gasteiger partial charge in [0.05, 0.1) is 32.1 Å². The van der Waals surface area contributed by atoms with Gasteiger partial charge in [-0.1, -0.05) is 19.9 Å². The quantitative estimate of drug-likeness (QED) is 0.516. The second kappa shape index (κ2) is 11.5. The molecular weight excluding hydrogens is 385 g/mol. The zero-order valence-corrected chi connectivity index (χ0v) is 18.5. The monoisotopic (exact) mass is 421 g/mol. The normalized spacial score (nSPS) is 19.8. The Labute approximate surface area is 179 Å². The fourth-order valence-corrected chi connectivity index (χ4v) is 4.02. The fraction of sp³-hybridized carbons (Fsp3) is 0.682. The number of anilines is 1. The highest BCUT2D eigenvalue weighted by Crippen LogP contribution is 2.21. The third kappa shape index (κ3) is 6.30. The second-order valence-corrected chi connectivity index (χ2v) is 8.15. The third-order valence-electron chi connectivity index (χ3n) is 5.81. The van der Waals surface area contributed by atoms with E-state index in [0.29, 0.717) is 37.4 Å². The number of aliphatic imine (C=N–C) groups is 1. The number of morpholine rings is 2. The van der Waals surface area contributed by atoms with Gasteiger partial charge >= 0.3 is 0 Å². The summed E-state index contributed by atoms with van der Waals surface area (Å²) in [4.78, 5) is 8.84. The summed E-state index contributed by atoms with van der Waals surface area (Å²) in [6.45, 7) is 12.1. The van der Waals surface area contributed by atoms with Gasteiger partial charge in [0.1, 0.15) is 5.82 Å². The predicted octanol–water partition coefficient (Wildman–Crippen LogP) is 1.68. The van der Waals surface area contributed by atoms with Crippen LogP contribution in [0.3, 0.4) is 0 Å². The molecule has 8 heteroatoms. The fourth-order valence-electron chi connectivity index (χ4n) is 4.02. The molecule has 3 rings (SSSR count). The smallest absolute Gasteiger partial charge is 0.191 e. The highest BCUT2D eigenvalue weighted by Gasteiger charge is 2.24. The van der Waals surface area contributed by atoms with Crippen LogP contribution in [-0.4, -0.2) is 83.1 Å². The van der Waals surface area contributed by atoms with Crippen LogP contribution in [0.1, 0.15) is 19.4 Å². The van der Waals surface area contributed by atoms with Crippen LogP contribution in [0.2, 0.25) is 0 Å². The van der Waals surface area contributed by atoms with E-state index in [1.807, 2.05) is 17.0 Å². The highest BCUT2D eigenvalue weighted by atomic mass is 19.1. The molecular formula is C22H36FN5O2. The Balaban J connectivity index is 1.51. The van der Waals surface area contributed by atoms with Crippen molar-refractivity contribution in [2.75, 3.05) is 71.1 Å². The number of guanidine groups is 1. The van der Waals surface area contributed by atoms with Gasteiger partial charge in [-0.25, -0.2) is 4.39 Å². The van der Waals surface area contributed by atoms with Crippen LogP contribution in [-0.2, 0) is 16.0 Å². The first-order chi connectivity index (χ1) is 14.6. The molecule has 2 saturated heterocycles. The molecule has 168 valence electrons. The summed E-state index contributed by atoms with van der Waals surface area (Å²) in [7, 11) is 1.76. The first-order valence-electron chi connectivity index (χ1n) is 11.0. The zero-order chi connectivity index (χ0) is 21.3. The molecule has 2 N–H and O–H groups in total. The number of nitrogens with zero attached hydrogens (tertiary/aromatic N) is 3. The first kappa shape index (κ1) is 22.8. The van der Waals surface area contributed by atoms with Crippen molar-refractivity contribution in [1.82, 2.24) is 15.5 Å². The lowest BCUT2D eigenvalue weighted by Gasteiger charge is -2.37. The first-order valence-corrected chi connectivity index (χ1v) is 11.0. The van der Waals surface area contributed by atoms with Gasteiger partial charge in [-0.2, -0.15) is 0 Å². The van der Waals surface area contributed by atoms with Gasteiger partial charge in [0, 0.05) is 52.4 Å². The van der Waals surface area contributed by atoms with Crippen molar-refractivity contribution in [1.29, 1.82) is 0 Å². The van der Waals surface area contributed by atoms with Gasteiger partial charge in [0.2, 0.25) is 0 Å². The summed E-state index contributed by atoms with van der Waals surface area (Å²) in [5, 5.41) is 6.74. The van der Waals surface area contributed by atoms with Crippen molar-refractivity contribution in [3.05, 3.63) is 29.6 Å². The molecule has 0 aliphatic carbocycles. The molecule has 1 aromatic carbocycles. The molecule has 2 aliphatic rings. The van der Waals surface area contributed by atoms with E-state index in [1.54, 1.807) is 13.1 Å². The number of nitrogens with one attached hydrogen (secondary N) is 2. The van der Waals surface area contributed by atoms with Crippen molar-refractivity contribution >= 4 is 11.6 Å². The topological polar surface area (TPSA) is 61.4 Å². The Bertz CT molecular complexity index is 688. The maximum Gasteiger partial charge on any atom is 0.191 e. The largest absolute Gasteiger partial charge is 0.379 e. The van der Waals surface area contributed by atoms with E-state index >= 15 is 0 Å². The summed E-state index contributed by atoms with van der Waals surface area (Å²) in [5.74, 6) is 1.06. The number of hydrogen-bond acceptors (Lipinski definition) is 5. The lowest BCUT2D eigenvalue weighted by Crippen LogP contribution is -2.52. The molecule has 0 saturated carbocycles. The molecule has 2 heterocycles. The average Bonchev–Trinajstić information content (AvgIpc) is 2.77. The van der Waals surface area contributed by atoms with Gasteiger partial charge < -0.3 is 25.0 Å². The maximum atomic E-state index is 14.6. The molecule has 0 aromatic heterocycles. The number of halogens is 1. The Kier molecular flexibility index (Phi) is 8.72. The van der Waals surface area contributed by atoms with E-state index in [-0.39, 0.29) is 5.82 Å². The molecule has 0 spiro atoms. The Hall–Kier alpha value is -1.90. The summed E-state index contributed by atoms with van der Waals surface area (Å²) >= 11 is 0. The van der Waals surface area contributed by atoms with Crippen LogP contribution < -0.4 is 15.5 Å². The average molecular weight is 422 g/mol. The SMILES string of the molecule is CN=C(NCc1ccc(N2CCOCC2)c(F)c1)NCC(C(C)C)N1CCOCC1. The van der Waals surface area contributed by atoms with Crippen molar-refractivity contribution in [2.45, 2.75) is 26.4 Å². The number of hydrogen-bond donors (Lipinski definition) is 2. The van der Waals surface area contributed by atoms with Crippen LogP contribution in [0, 0.1) is 11.7 Å². The number of rotatable bonds is 7. The van der Waals surface area contributed by atoms with Crippen molar-refractivity contribution in [3.63, 3.8) is 0 Å². The van der Waals surface area contributed by atoms with E-state index in [2.05, 4.69) is 34.4 Å². The van der Waals surface area contributed by atoms with E-state index in [0.717, 1.165) is 57.5 Å².